The van der Waals surface area contributed by atoms with Gasteiger partial charge in [0, 0.05) is 12.4 Å². The van der Waals surface area contributed by atoms with E-state index in [1.807, 2.05) is 0 Å². The Morgan fingerprint density at radius 3 is 2.90 bits per heavy atom. The van der Waals surface area contributed by atoms with E-state index in [0.717, 1.165) is 0 Å². The lowest BCUT2D eigenvalue weighted by Crippen LogP contribution is -1.78. The molecule has 5 heteroatoms. The van der Waals surface area contributed by atoms with Crippen LogP contribution in [0.15, 0.2) is 12.4 Å². The van der Waals surface area contributed by atoms with Crippen molar-refractivity contribution in [2.45, 2.75) is 0 Å². The van der Waals surface area contributed by atoms with Crippen LogP contribution in [-0.4, -0.2) is 20.2 Å². The fraction of sp³-hybridized carbons (Fsp3) is 0. The van der Waals surface area contributed by atoms with E-state index in [4.69, 9.17) is 0 Å². The zero-order valence-corrected chi connectivity index (χ0v) is 4.87. The van der Waals surface area contributed by atoms with Gasteiger partial charge in [0.25, 0.3) is 0 Å². The van der Waals surface area contributed by atoms with E-state index in [-0.39, 0.29) is 5.52 Å². The third-order valence-electron chi connectivity index (χ3n) is 1.15. The van der Waals surface area contributed by atoms with Gasteiger partial charge in [0.2, 0.25) is 11.6 Å². The van der Waals surface area contributed by atoms with Crippen LogP contribution in [0.3, 0.4) is 0 Å². The fourth-order valence-corrected chi connectivity index (χ4v) is 0.722. The topological polar surface area (TPSA) is 54.5 Å². The summed E-state index contributed by atoms with van der Waals surface area (Å²) in [6, 6.07) is 0. The van der Waals surface area contributed by atoms with Crippen molar-refractivity contribution in [3.8, 4) is 0 Å². The maximum absolute atomic E-state index is 12.5. The molecule has 0 saturated heterocycles. The highest BCUT2D eigenvalue weighted by atomic mass is 19.1. The Bertz CT molecular complexity index is 355. The lowest BCUT2D eigenvalue weighted by atomic mass is 10.5. The van der Waals surface area contributed by atoms with Crippen molar-refractivity contribution in [2.75, 3.05) is 0 Å². The largest absolute Gasteiger partial charge is 0.249 e. The molecular weight excluding hydrogens is 135 g/mol. The summed E-state index contributed by atoms with van der Waals surface area (Å²) in [6.07, 6.45) is 2.88. The van der Waals surface area contributed by atoms with Crippen LogP contribution in [0.1, 0.15) is 0 Å². The van der Waals surface area contributed by atoms with E-state index < -0.39 is 5.95 Å². The first-order chi connectivity index (χ1) is 4.88. The summed E-state index contributed by atoms with van der Waals surface area (Å²) in [5.74, 6) is -0.539. The second-order valence-corrected chi connectivity index (χ2v) is 1.77. The van der Waals surface area contributed by atoms with Gasteiger partial charge in [-0.05, 0) is 0 Å². The third-order valence-corrected chi connectivity index (χ3v) is 1.15. The van der Waals surface area contributed by atoms with Gasteiger partial charge in [0.05, 0.1) is 0 Å². The number of aromatic nitrogens is 4. The molecule has 1 N–H and O–H groups in total. The number of hydrogen-bond donors (Lipinski definition) is 1. The number of H-pyrrole nitrogens is 1. The molecule has 0 amide bonds. The van der Waals surface area contributed by atoms with Crippen molar-refractivity contribution >= 4 is 11.2 Å². The Balaban J connectivity index is 2.93. The molecule has 0 atom stereocenters. The molecule has 0 bridgehead atoms. The molecule has 0 spiro atoms. The Labute approximate surface area is 55.1 Å². The van der Waals surface area contributed by atoms with Crippen LogP contribution in [0.25, 0.3) is 11.2 Å². The summed E-state index contributed by atoms with van der Waals surface area (Å²) in [6.45, 7) is 0. The van der Waals surface area contributed by atoms with Crippen molar-refractivity contribution in [3.63, 3.8) is 0 Å². The molecule has 0 fully saturated rings. The SMILES string of the molecule is Fc1[nH]nc2nccnc12. The number of aromatic amines is 1. The number of rotatable bonds is 0. The molecule has 2 rings (SSSR count). The fourth-order valence-electron chi connectivity index (χ4n) is 0.722. The smallest absolute Gasteiger partial charge is 0.237 e. The van der Waals surface area contributed by atoms with Gasteiger partial charge in [0.1, 0.15) is 0 Å². The van der Waals surface area contributed by atoms with Gasteiger partial charge in [0.15, 0.2) is 5.52 Å². The van der Waals surface area contributed by atoms with Gasteiger partial charge in [-0.25, -0.2) is 15.1 Å². The number of hydrogen-bond acceptors (Lipinski definition) is 3. The monoisotopic (exact) mass is 138 g/mol. The zero-order valence-electron chi connectivity index (χ0n) is 4.87. The van der Waals surface area contributed by atoms with Gasteiger partial charge >= 0.3 is 0 Å². The van der Waals surface area contributed by atoms with Crippen molar-refractivity contribution in [3.05, 3.63) is 18.3 Å². The van der Waals surface area contributed by atoms with E-state index in [2.05, 4.69) is 20.2 Å². The van der Waals surface area contributed by atoms with Crippen LogP contribution in [0, 0.1) is 5.95 Å². The Morgan fingerprint density at radius 1 is 1.30 bits per heavy atom. The molecule has 10 heavy (non-hydrogen) atoms. The van der Waals surface area contributed by atoms with E-state index in [1.165, 1.54) is 12.4 Å². The third kappa shape index (κ3) is 0.570. The van der Waals surface area contributed by atoms with Gasteiger partial charge in [-0.3, -0.25) is 0 Å². The summed E-state index contributed by atoms with van der Waals surface area (Å²) in [4.78, 5) is 7.47. The molecule has 50 valence electrons. The van der Waals surface area contributed by atoms with E-state index in [0.29, 0.717) is 5.65 Å². The molecule has 0 unspecified atom stereocenters. The van der Waals surface area contributed by atoms with E-state index in [9.17, 15) is 4.39 Å². The molecule has 0 aliphatic heterocycles. The van der Waals surface area contributed by atoms with Crippen molar-refractivity contribution in [1.29, 1.82) is 0 Å². The first kappa shape index (κ1) is 5.28. The standard InChI is InChI=1S/C5H3FN4/c6-4-3-5(10-9-4)8-2-1-7-3/h1-2H,(H,8,9,10). The van der Waals surface area contributed by atoms with E-state index in [1.54, 1.807) is 0 Å². The summed E-state index contributed by atoms with van der Waals surface area (Å²) in [5.41, 5.74) is 0.488. The van der Waals surface area contributed by atoms with Crippen LogP contribution >= 0.6 is 0 Å². The Hall–Kier alpha value is -1.52. The molecule has 2 aromatic rings. The summed E-state index contributed by atoms with van der Waals surface area (Å²) >= 11 is 0. The minimum Gasteiger partial charge on any atom is -0.249 e. The first-order valence-corrected chi connectivity index (χ1v) is 2.68. The van der Waals surface area contributed by atoms with Crippen molar-refractivity contribution < 1.29 is 4.39 Å². The molecule has 0 aliphatic rings. The molecule has 0 aliphatic carbocycles. The first-order valence-electron chi connectivity index (χ1n) is 2.68. The van der Waals surface area contributed by atoms with Gasteiger partial charge in [-0.15, -0.1) is 0 Å². The minimum atomic E-state index is -0.539. The van der Waals surface area contributed by atoms with Crippen LogP contribution in [0.2, 0.25) is 0 Å². The highest BCUT2D eigenvalue weighted by Gasteiger charge is 2.03. The van der Waals surface area contributed by atoms with Gasteiger partial charge < -0.3 is 0 Å². The van der Waals surface area contributed by atoms with Gasteiger partial charge in [-0.1, -0.05) is 0 Å². The molecule has 2 aromatic heterocycles. The summed E-state index contributed by atoms with van der Waals surface area (Å²) in [5, 5.41) is 5.68. The maximum atomic E-state index is 12.5. The summed E-state index contributed by atoms with van der Waals surface area (Å²) in [7, 11) is 0. The molecule has 0 saturated carbocycles. The van der Waals surface area contributed by atoms with Crippen molar-refractivity contribution in [1.82, 2.24) is 20.2 Å². The zero-order chi connectivity index (χ0) is 6.97. The summed E-state index contributed by atoms with van der Waals surface area (Å²) < 4.78 is 12.5. The predicted octanol–water partition coefficient (Wildman–Crippen LogP) is 0.492. The Kier molecular flexibility index (Phi) is 0.913. The molecule has 4 nitrogen and oxygen atoms in total. The average molecular weight is 138 g/mol. The van der Waals surface area contributed by atoms with Crippen LogP contribution in [0.5, 0.6) is 0 Å². The van der Waals surface area contributed by atoms with Crippen molar-refractivity contribution in [2.24, 2.45) is 0 Å². The van der Waals surface area contributed by atoms with Crippen LogP contribution < -0.4 is 0 Å². The number of halogens is 1. The quantitative estimate of drug-likeness (QED) is 0.576. The normalized spacial score (nSPS) is 10.5. The molecule has 0 aromatic carbocycles. The Morgan fingerprint density at radius 2 is 2.10 bits per heavy atom. The highest BCUT2D eigenvalue weighted by molar-refractivity contribution is 5.68. The van der Waals surface area contributed by atoms with E-state index >= 15 is 0 Å². The molecule has 2 heterocycles. The van der Waals surface area contributed by atoms with Crippen LogP contribution in [0.4, 0.5) is 4.39 Å². The lowest BCUT2D eigenvalue weighted by Gasteiger charge is -1.80. The number of fused-ring (bicyclic) bond motifs is 1. The van der Waals surface area contributed by atoms with Gasteiger partial charge in [-0.2, -0.15) is 9.49 Å². The second-order valence-electron chi connectivity index (χ2n) is 1.77. The van der Waals surface area contributed by atoms with Crippen LogP contribution in [-0.2, 0) is 0 Å². The highest BCUT2D eigenvalue weighted by Crippen LogP contribution is 2.05. The number of nitrogens with zero attached hydrogens (tertiary/aromatic N) is 3. The lowest BCUT2D eigenvalue weighted by molar-refractivity contribution is 0.586. The average Bonchev–Trinajstić information content (AvgIpc) is 2.34. The second kappa shape index (κ2) is 1.73. The maximum Gasteiger partial charge on any atom is 0.237 e. The minimum absolute atomic E-state index is 0.183. The number of nitrogens with one attached hydrogen (secondary N) is 1. The molecular formula is C5H3FN4. The molecule has 0 radical (unpaired) electrons. The predicted molar refractivity (Wildman–Crippen MR) is 31.6 cm³/mol.